The van der Waals surface area contributed by atoms with E-state index in [1.165, 1.54) is 12.1 Å². The second-order valence-corrected chi connectivity index (χ2v) is 7.00. The van der Waals surface area contributed by atoms with E-state index in [0.29, 0.717) is 6.54 Å². The van der Waals surface area contributed by atoms with E-state index in [0.717, 1.165) is 56.4 Å². The Hall–Kier alpha value is -1.27. The number of hydrogen-bond donors (Lipinski definition) is 2. The van der Waals surface area contributed by atoms with Crippen LogP contribution in [-0.2, 0) is 10.2 Å². The van der Waals surface area contributed by atoms with Gasteiger partial charge in [-0.05, 0) is 43.7 Å². The van der Waals surface area contributed by atoms with Crippen LogP contribution in [0.1, 0.15) is 25.3 Å². The van der Waals surface area contributed by atoms with Crippen LogP contribution in [0.15, 0.2) is 29.3 Å². The minimum absolute atomic E-state index is 0.0756. The van der Waals surface area contributed by atoms with Gasteiger partial charge in [-0.3, -0.25) is 4.99 Å². The largest absolute Gasteiger partial charge is 0.381 e. The minimum atomic E-state index is -0.198. The zero-order valence-corrected chi connectivity index (χ0v) is 15.4. The van der Waals surface area contributed by atoms with Crippen LogP contribution in [-0.4, -0.2) is 50.8 Å². The van der Waals surface area contributed by atoms with Crippen molar-refractivity contribution in [2.75, 3.05) is 44.9 Å². The molecule has 24 heavy (non-hydrogen) atoms. The fraction of sp³-hybridized carbons (Fsp3) is 0.611. The molecule has 0 saturated carbocycles. The Kier molecular flexibility index (Phi) is 7.85. The van der Waals surface area contributed by atoms with Crippen LogP contribution in [0.4, 0.5) is 4.39 Å². The summed E-state index contributed by atoms with van der Waals surface area (Å²) >= 11 is 1.81. The number of hydrogen-bond acceptors (Lipinski definition) is 3. The zero-order valence-electron chi connectivity index (χ0n) is 14.6. The number of guanidine groups is 1. The Labute approximate surface area is 148 Å². The van der Waals surface area contributed by atoms with E-state index in [-0.39, 0.29) is 11.2 Å². The maximum atomic E-state index is 13.3. The molecule has 0 bridgehead atoms. The fourth-order valence-electron chi connectivity index (χ4n) is 2.95. The van der Waals surface area contributed by atoms with E-state index in [4.69, 9.17) is 9.73 Å². The maximum Gasteiger partial charge on any atom is 0.191 e. The average molecular weight is 354 g/mol. The van der Waals surface area contributed by atoms with Gasteiger partial charge in [0.05, 0.1) is 6.54 Å². The smallest absolute Gasteiger partial charge is 0.191 e. The molecular weight excluding hydrogens is 325 g/mol. The molecule has 0 aromatic heterocycles. The molecule has 0 atom stereocenters. The van der Waals surface area contributed by atoms with Gasteiger partial charge < -0.3 is 15.4 Å². The Bertz CT molecular complexity index is 516. The Morgan fingerprint density at radius 2 is 1.96 bits per heavy atom. The van der Waals surface area contributed by atoms with Crippen LogP contribution in [0.5, 0.6) is 0 Å². The fourth-order valence-corrected chi connectivity index (χ4v) is 3.25. The van der Waals surface area contributed by atoms with E-state index in [9.17, 15) is 4.39 Å². The number of rotatable bonds is 7. The summed E-state index contributed by atoms with van der Waals surface area (Å²) in [5.74, 6) is 1.69. The summed E-state index contributed by atoms with van der Waals surface area (Å²) in [6, 6.07) is 6.87. The SMILES string of the molecule is CCNC(=NCC1(c2ccc(F)cc2)CCOCC1)NCCSC. The normalized spacial score (nSPS) is 17.5. The number of nitrogens with zero attached hydrogens (tertiary/aromatic N) is 1. The van der Waals surface area contributed by atoms with Crippen molar-refractivity contribution < 1.29 is 9.13 Å². The van der Waals surface area contributed by atoms with E-state index in [1.54, 1.807) is 0 Å². The second kappa shape index (κ2) is 9.89. The molecule has 0 amide bonds. The standard InChI is InChI=1S/C18H28FN3OS/c1-3-20-17(21-10-13-24-2)22-14-18(8-11-23-12-9-18)15-4-6-16(19)7-5-15/h4-7H,3,8-14H2,1-2H3,(H2,20,21,22). The molecule has 1 fully saturated rings. The first-order valence-electron chi connectivity index (χ1n) is 8.55. The van der Waals surface area contributed by atoms with Crippen LogP contribution in [0.2, 0.25) is 0 Å². The first-order valence-corrected chi connectivity index (χ1v) is 9.94. The number of thioether (sulfide) groups is 1. The maximum absolute atomic E-state index is 13.3. The van der Waals surface area contributed by atoms with Crippen molar-refractivity contribution in [1.29, 1.82) is 0 Å². The van der Waals surface area contributed by atoms with E-state index >= 15 is 0 Å². The van der Waals surface area contributed by atoms with Crippen LogP contribution in [0.25, 0.3) is 0 Å². The van der Waals surface area contributed by atoms with E-state index in [1.807, 2.05) is 23.9 Å². The number of nitrogens with one attached hydrogen (secondary N) is 2. The summed E-state index contributed by atoms with van der Waals surface area (Å²) in [4.78, 5) is 4.82. The third-order valence-corrected chi connectivity index (χ3v) is 5.00. The highest BCUT2D eigenvalue weighted by Gasteiger charge is 2.34. The van der Waals surface area contributed by atoms with Gasteiger partial charge in [0, 0.05) is 37.5 Å². The van der Waals surface area contributed by atoms with Crippen LogP contribution in [0, 0.1) is 5.82 Å². The van der Waals surface area contributed by atoms with E-state index in [2.05, 4.69) is 23.8 Å². The Morgan fingerprint density at radius 1 is 1.25 bits per heavy atom. The molecule has 1 aromatic carbocycles. The van der Waals surface area contributed by atoms with Gasteiger partial charge in [-0.15, -0.1) is 0 Å². The summed E-state index contributed by atoms with van der Waals surface area (Å²) < 4.78 is 18.8. The van der Waals surface area contributed by atoms with Crippen LogP contribution < -0.4 is 10.6 Å². The monoisotopic (exact) mass is 353 g/mol. The summed E-state index contributed by atoms with van der Waals surface area (Å²) in [6.45, 7) is 5.91. The predicted molar refractivity (Wildman–Crippen MR) is 100 cm³/mol. The molecule has 4 nitrogen and oxygen atoms in total. The lowest BCUT2D eigenvalue weighted by Crippen LogP contribution is -2.41. The van der Waals surface area contributed by atoms with Gasteiger partial charge in [0.1, 0.15) is 5.82 Å². The van der Waals surface area contributed by atoms with Crippen molar-refractivity contribution in [1.82, 2.24) is 10.6 Å². The topological polar surface area (TPSA) is 45.7 Å². The molecule has 1 saturated heterocycles. The molecule has 1 aliphatic heterocycles. The molecule has 1 aliphatic rings. The van der Waals surface area contributed by atoms with Crippen LogP contribution in [0.3, 0.4) is 0 Å². The van der Waals surface area contributed by atoms with Crippen molar-refractivity contribution in [3.05, 3.63) is 35.6 Å². The molecule has 1 aromatic rings. The molecule has 0 unspecified atom stereocenters. The number of ether oxygens (including phenoxy) is 1. The molecule has 2 rings (SSSR count). The zero-order chi connectivity index (χ0) is 17.3. The minimum Gasteiger partial charge on any atom is -0.381 e. The van der Waals surface area contributed by atoms with Gasteiger partial charge in [-0.25, -0.2) is 4.39 Å². The molecule has 2 N–H and O–H groups in total. The highest BCUT2D eigenvalue weighted by Crippen LogP contribution is 2.35. The van der Waals surface area contributed by atoms with Gasteiger partial charge in [-0.2, -0.15) is 11.8 Å². The van der Waals surface area contributed by atoms with Gasteiger partial charge in [0.2, 0.25) is 0 Å². The number of benzene rings is 1. The lowest BCUT2D eigenvalue weighted by Gasteiger charge is -2.36. The van der Waals surface area contributed by atoms with Crippen LogP contribution >= 0.6 is 11.8 Å². The van der Waals surface area contributed by atoms with E-state index < -0.39 is 0 Å². The van der Waals surface area contributed by atoms with Crippen molar-refractivity contribution in [2.24, 2.45) is 4.99 Å². The molecular formula is C18H28FN3OS. The van der Waals surface area contributed by atoms with Crippen molar-refractivity contribution >= 4 is 17.7 Å². The summed E-state index contributed by atoms with van der Waals surface area (Å²) in [5, 5.41) is 6.66. The lowest BCUT2D eigenvalue weighted by atomic mass is 9.74. The first kappa shape index (κ1) is 19.1. The van der Waals surface area contributed by atoms with Gasteiger partial charge in [0.15, 0.2) is 5.96 Å². The predicted octanol–water partition coefficient (Wildman–Crippen LogP) is 2.79. The van der Waals surface area contributed by atoms with Gasteiger partial charge in [-0.1, -0.05) is 12.1 Å². The summed E-state index contributed by atoms with van der Waals surface area (Å²) in [7, 11) is 0. The molecule has 1 heterocycles. The lowest BCUT2D eigenvalue weighted by molar-refractivity contribution is 0.0531. The molecule has 6 heteroatoms. The van der Waals surface area contributed by atoms with Crippen molar-refractivity contribution in [2.45, 2.75) is 25.2 Å². The number of halogens is 1. The highest BCUT2D eigenvalue weighted by molar-refractivity contribution is 7.98. The number of aliphatic imine (C=N–C) groups is 1. The van der Waals surface area contributed by atoms with Gasteiger partial charge in [0.25, 0.3) is 0 Å². The Balaban J connectivity index is 2.14. The third kappa shape index (κ3) is 5.38. The van der Waals surface area contributed by atoms with Gasteiger partial charge >= 0.3 is 0 Å². The summed E-state index contributed by atoms with van der Waals surface area (Å²) in [5.41, 5.74) is 1.07. The molecule has 134 valence electrons. The molecule has 0 aliphatic carbocycles. The first-order chi connectivity index (χ1) is 11.7. The van der Waals surface area contributed by atoms with Crippen molar-refractivity contribution in [3.8, 4) is 0 Å². The third-order valence-electron chi connectivity index (χ3n) is 4.39. The second-order valence-electron chi connectivity index (χ2n) is 6.01. The highest BCUT2D eigenvalue weighted by atomic mass is 32.2. The molecule has 0 spiro atoms. The Morgan fingerprint density at radius 3 is 2.58 bits per heavy atom. The quantitative estimate of drug-likeness (QED) is 0.449. The average Bonchev–Trinajstić information content (AvgIpc) is 2.61. The van der Waals surface area contributed by atoms with Crippen molar-refractivity contribution in [3.63, 3.8) is 0 Å². The summed E-state index contributed by atoms with van der Waals surface area (Å²) in [6.07, 6.45) is 3.91. The molecule has 0 radical (unpaired) electrons.